The molecule has 150 valence electrons. The summed E-state index contributed by atoms with van der Waals surface area (Å²) in [5, 5.41) is 4.04. The van der Waals surface area contributed by atoms with Gasteiger partial charge in [0.2, 0.25) is 0 Å². The average molecular weight is 419 g/mol. The summed E-state index contributed by atoms with van der Waals surface area (Å²) in [6.07, 6.45) is 0. The SMILES string of the molecule is COc1cccc(-c2c(NC(=O)c3ccc(Cl)cc3)n(C)c3ccccc3c2=O)c1. The van der Waals surface area contributed by atoms with E-state index < -0.39 is 0 Å². The second kappa shape index (κ2) is 8.05. The van der Waals surface area contributed by atoms with Crippen LogP contribution in [-0.4, -0.2) is 17.6 Å². The number of aromatic nitrogens is 1. The predicted octanol–water partition coefficient (Wildman–Crippen LogP) is 5.12. The maximum absolute atomic E-state index is 13.4. The molecule has 0 spiro atoms. The first-order valence-corrected chi connectivity index (χ1v) is 9.70. The van der Waals surface area contributed by atoms with Crippen molar-refractivity contribution in [3.8, 4) is 16.9 Å². The van der Waals surface area contributed by atoms with Crippen molar-refractivity contribution >= 4 is 34.2 Å². The first-order chi connectivity index (χ1) is 14.5. The highest BCUT2D eigenvalue weighted by Crippen LogP contribution is 2.30. The molecule has 1 amide bonds. The molecule has 1 heterocycles. The number of carbonyl (C=O) groups excluding carboxylic acids is 1. The van der Waals surface area contributed by atoms with E-state index in [-0.39, 0.29) is 11.3 Å². The molecule has 30 heavy (non-hydrogen) atoms. The zero-order valence-electron chi connectivity index (χ0n) is 16.5. The molecule has 3 aromatic carbocycles. The molecule has 0 radical (unpaired) electrons. The van der Waals surface area contributed by atoms with E-state index in [0.717, 1.165) is 5.52 Å². The summed E-state index contributed by atoms with van der Waals surface area (Å²) in [5.41, 5.74) is 2.06. The van der Waals surface area contributed by atoms with Gasteiger partial charge in [0.15, 0.2) is 5.43 Å². The Morgan fingerprint density at radius 1 is 1.00 bits per heavy atom. The number of halogens is 1. The van der Waals surface area contributed by atoms with Crippen LogP contribution in [0.1, 0.15) is 10.4 Å². The van der Waals surface area contributed by atoms with Gasteiger partial charge in [-0.3, -0.25) is 9.59 Å². The van der Waals surface area contributed by atoms with Crippen LogP contribution in [0.4, 0.5) is 5.82 Å². The molecule has 0 aliphatic rings. The highest BCUT2D eigenvalue weighted by atomic mass is 35.5. The first kappa shape index (κ1) is 19.7. The number of para-hydroxylation sites is 1. The minimum absolute atomic E-state index is 0.164. The Bertz CT molecular complexity index is 1310. The second-order valence-electron chi connectivity index (χ2n) is 6.82. The Kier molecular flexibility index (Phi) is 5.29. The number of aryl methyl sites for hydroxylation is 1. The van der Waals surface area contributed by atoms with Gasteiger partial charge in [0.1, 0.15) is 11.6 Å². The first-order valence-electron chi connectivity index (χ1n) is 9.32. The number of hydrogen-bond acceptors (Lipinski definition) is 3. The van der Waals surface area contributed by atoms with Gasteiger partial charge in [-0.2, -0.15) is 0 Å². The van der Waals surface area contributed by atoms with E-state index in [9.17, 15) is 9.59 Å². The number of hydrogen-bond donors (Lipinski definition) is 1. The highest BCUT2D eigenvalue weighted by molar-refractivity contribution is 6.30. The molecule has 0 unspecified atom stereocenters. The van der Waals surface area contributed by atoms with Crippen LogP contribution in [0.5, 0.6) is 5.75 Å². The lowest BCUT2D eigenvalue weighted by Gasteiger charge is -2.18. The van der Waals surface area contributed by atoms with E-state index in [2.05, 4.69) is 5.32 Å². The van der Waals surface area contributed by atoms with E-state index in [4.69, 9.17) is 16.3 Å². The number of benzene rings is 3. The van der Waals surface area contributed by atoms with Crippen molar-refractivity contribution in [3.05, 3.63) is 93.6 Å². The van der Waals surface area contributed by atoms with Crippen LogP contribution in [-0.2, 0) is 7.05 Å². The van der Waals surface area contributed by atoms with Crippen LogP contribution < -0.4 is 15.5 Å². The molecule has 5 nitrogen and oxygen atoms in total. The average Bonchev–Trinajstić information content (AvgIpc) is 2.78. The molecule has 0 atom stereocenters. The van der Waals surface area contributed by atoms with Crippen molar-refractivity contribution in [1.29, 1.82) is 0 Å². The van der Waals surface area contributed by atoms with Crippen LogP contribution in [0.3, 0.4) is 0 Å². The summed E-state index contributed by atoms with van der Waals surface area (Å²) >= 11 is 5.93. The van der Waals surface area contributed by atoms with E-state index in [1.807, 2.05) is 41.9 Å². The van der Waals surface area contributed by atoms with E-state index >= 15 is 0 Å². The number of fused-ring (bicyclic) bond motifs is 1. The van der Waals surface area contributed by atoms with Crippen molar-refractivity contribution in [3.63, 3.8) is 0 Å². The van der Waals surface area contributed by atoms with Gasteiger partial charge >= 0.3 is 0 Å². The van der Waals surface area contributed by atoms with Crippen LogP contribution >= 0.6 is 11.6 Å². The van der Waals surface area contributed by atoms with Crippen molar-refractivity contribution in [2.75, 3.05) is 12.4 Å². The molecule has 0 saturated carbocycles. The fraction of sp³-hybridized carbons (Fsp3) is 0.0833. The zero-order valence-corrected chi connectivity index (χ0v) is 17.2. The van der Waals surface area contributed by atoms with Gasteiger partial charge in [-0.15, -0.1) is 0 Å². The quantitative estimate of drug-likeness (QED) is 0.500. The standard InChI is InChI=1S/C24H19ClN2O3/c1-27-20-9-4-3-8-19(20)22(28)21(16-6-5-7-18(14-16)30-2)23(27)26-24(29)15-10-12-17(25)13-11-15/h3-14H,1-2H3,(H,26,29). The Morgan fingerprint density at radius 2 is 1.73 bits per heavy atom. The molecule has 0 saturated heterocycles. The summed E-state index contributed by atoms with van der Waals surface area (Å²) in [6, 6.07) is 21.1. The lowest BCUT2D eigenvalue weighted by atomic mass is 10.0. The largest absolute Gasteiger partial charge is 0.497 e. The lowest BCUT2D eigenvalue weighted by molar-refractivity contribution is 0.102. The monoisotopic (exact) mass is 418 g/mol. The minimum Gasteiger partial charge on any atom is -0.497 e. The van der Waals surface area contributed by atoms with Gasteiger partial charge < -0.3 is 14.6 Å². The number of methoxy groups -OCH3 is 1. The van der Waals surface area contributed by atoms with Crippen molar-refractivity contribution in [1.82, 2.24) is 4.57 Å². The molecule has 4 aromatic rings. The number of nitrogens with zero attached hydrogens (tertiary/aromatic N) is 1. The molecule has 1 aromatic heterocycles. The smallest absolute Gasteiger partial charge is 0.256 e. The number of rotatable bonds is 4. The highest BCUT2D eigenvalue weighted by Gasteiger charge is 2.19. The Balaban J connectivity index is 1.94. The summed E-state index contributed by atoms with van der Waals surface area (Å²) in [7, 11) is 3.39. The van der Waals surface area contributed by atoms with Gasteiger partial charge in [0.25, 0.3) is 5.91 Å². The van der Waals surface area contributed by atoms with Crippen LogP contribution in [0.25, 0.3) is 22.0 Å². The third-order valence-corrected chi connectivity index (χ3v) is 5.26. The Morgan fingerprint density at radius 3 is 2.47 bits per heavy atom. The van der Waals surface area contributed by atoms with Gasteiger partial charge in [-0.05, 0) is 54.1 Å². The second-order valence-corrected chi connectivity index (χ2v) is 7.26. The summed E-state index contributed by atoms with van der Waals surface area (Å²) in [5.74, 6) is 0.700. The summed E-state index contributed by atoms with van der Waals surface area (Å²) in [6.45, 7) is 0. The molecule has 6 heteroatoms. The van der Waals surface area contributed by atoms with E-state index in [1.165, 1.54) is 0 Å². The predicted molar refractivity (Wildman–Crippen MR) is 121 cm³/mol. The number of amides is 1. The third-order valence-electron chi connectivity index (χ3n) is 5.01. The minimum atomic E-state index is -0.332. The normalized spacial score (nSPS) is 10.8. The number of nitrogens with one attached hydrogen (secondary N) is 1. The van der Waals surface area contributed by atoms with Gasteiger partial charge in [-0.1, -0.05) is 35.9 Å². The van der Waals surface area contributed by atoms with Crippen LogP contribution in [0.15, 0.2) is 77.6 Å². The van der Waals surface area contributed by atoms with Gasteiger partial charge in [0, 0.05) is 23.0 Å². The fourth-order valence-corrected chi connectivity index (χ4v) is 3.59. The number of ether oxygens (including phenoxy) is 1. The summed E-state index contributed by atoms with van der Waals surface area (Å²) in [4.78, 5) is 26.4. The molecule has 4 rings (SSSR count). The molecule has 0 bridgehead atoms. The zero-order chi connectivity index (χ0) is 21.3. The topological polar surface area (TPSA) is 60.3 Å². The number of pyridine rings is 1. The van der Waals surface area contributed by atoms with Crippen LogP contribution in [0.2, 0.25) is 5.02 Å². The summed E-state index contributed by atoms with van der Waals surface area (Å²) < 4.78 is 7.15. The maximum atomic E-state index is 13.4. The van der Waals surface area contributed by atoms with Crippen molar-refractivity contribution in [2.45, 2.75) is 0 Å². The molecule has 0 fully saturated rings. The number of carbonyl (C=O) groups is 1. The van der Waals surface area contributed by atoms with Gasteiger partial charge in [-0.25, -0.2) is 0 Å². The van der Waals surface area contributed by atoms with Crippen molar-refractivity contribution in [2.24, 2.45) is 7.05 Å². The Labute approximate surface area is 178 Å². The lowest BCUT2D eigenvalue weighted by Crippen LogP contribution is -2.21. The van der Waals surface area contributed by atoms with Crippen LogP contribution in [0, 0.1) is 0 Å². The van der Waals surface area contributed by atoms with E-state index in [1.54, 1.807) is 49.6 Å². The fourth-order valence-electron chi connectivity index (χ4n) is 3.46. The molecular formula is C24H19ClN2O3. The molecule has 0 aliphatic carbocycles. The third kappa shape index (κ3) is 3.55. The van der Waals surface area contributed by atoms with Crippen molar-refractivity contribution < 1.29 is 9.53 Å². The van der Waals surface area contributed by atoms with Gasteiger partial charge in [0.05, 0.1) is 18.2 Å². The molecule has 0 aliphatic heterocycles. The molecule has 1 N–H and O–H groups in total. The Hall–Kier alpha value is -3.57. The molecular weight excluding hydrogens is 400 g/mol. The van der Waals surface area contributed by atoms with E-state index in [0.29, 0.717) is 38.7 Å². The maximum Gasteiger partial charge on any atom is 0.256 e. The number of anilines is 1.